The van der Waals surface area contributed by atoms with Crippen LogP contribution in [-0.4, -0.2) is 42.0 Å². The highest BCUT2D eigenvalue weighted by atomic mass is 32.2. The standard InChI is InChI=1S/C22H25N3O3S/c1-16(26)24(2)15-17-7-3-4-8-18(17)23-21(27)11-12-22(28)25-13-14-29-20-10-6-5-9-19(20)25/h3-10H,11-15H2,1-2H3,(H,23,27). The Balaban J connectivity index is 1.59. The van der Waals surface area contributed by atoms with E-state index in [9.17, 15) is 14.4 Å². The molecule has 0 aromatic heterocycles. The van der Waals surface area contributed by atoms with Crippen LogP contribution in [0, 0.1) is 0 Å². The quantitative estimate of drug-likeness (QED) is 0.790. The van der Waals surface area contributed by atoms with Crippen LogP contribution in [0.3, 0.4) is 0 Å². The van der Waals surface area contributed by atoms with Gasteiger partial charge >= 0.3 is 0 Å². The van der Waals surface area contributed by atoms with Crippen molar-refractivity contribution in [2.75, 3.05) is 29.6 Å². The lowest BCUT2D eigenvalue weighted by Gasteiger charge is -2.29. The summed E-state index contributed by atoms with van der Waals surface area (Å²) in [7, 11) is 1.72. The smallest absolute Gasteiger partial charge is 0.227 e. The number of benzene rings is 2. The number of nitrogens with one attached hydrogen (secondary N) is 1. The topological polar surface area (TPSA) is 69.7 Å². The maximum absolute atomic E-state index is 12.7. The maximum Gasteiger partial charge on any atom is 0.227 e. The zero-order valence-electron chi connectivity index (χ0n) is 16.7. The lowest BCUT2D eigenvalue weighted by Crippen LogP contribution is -2.35. The number of carbonyl (C=O) groups excluding carboxylic acids is 3. The van der Waals surface area contributed by atoms with E-state index in [1.54, 1.807) is 34.7 Å². The number of amides is 3. The van der Waals surface area contributed by atoms with E-state index < -0.39 is 0 Å². The SMILES string of the molecule is CC(=O)N(C)Cc1ccccc1NC(=O)CCC(=O)N1CCSc2ccccc21. The van der Waals surface area contributed by atoms with E-state index in [2.05, 4.69) is 5.32 Å². The fourth-order valence-electron chi connectivity index (χ4n) is 3.14. The molecule has 0 saturated carbocycles. The van der Waals surface area contributed by atoms with Crippen LogP contribution in [-0.2, 0) is 20.9 Å². The van der Waals surface area contributed by atoms with Crippen molar-refractivity contribution >= 4 is 40.9 Å². The van der Waals surface area contributed by atoms with E-state index in [4.69, 9.17) is 0 Å². The third-order valence-corrected chi connectivity index (χ3v) is 5.87. The first-order chi connectivity index (χ1) is 14.0. The fourth-order valence-corrected chi connectivity index (χ4v) is 4.14. The van der Waals surface area contributed by atoms with Gasteiger partial charge in [-0.3, -0.25) is 14.4 Å². The predicted molar refractivity (Wildman–Crippen MR) is 116 cm³/mol. The highest BCUT2D eigenvalue weighted by Gasteiger charge is 2.23. The summed E-state index contributed by atoms with van der Waals surface area (Å²) in [6, 6.07) is 15.2. The summed E-state index contributed by atoms with van der Waals surface area (Å²) in [5.41, 5.74) is 2.44. The van der Waals surface area contributed by atoms with Gasteiger partial charge in [0, 0.05) is 56.2 Å². The largest absolute Gasteiger partial charge is 0.342 e. The van der Waals surface area contributed by atoms with Crippen LogP contribution in [0.4, 0.5) is 11.4 Å². The highest BCUT2D eigenvalue weighted by molar-refractivity contribution is 7.99. The molecule has 29 heavy (non-hydrogen) atoms. The Morgan fingerprint density at radius 3 is 2.59 bits per heavy atom. The molecular formula is C22H25N3O3S. The van der Waals surface area contributed by atoms with Crippen molar-refractivity contribution in [3.63, 3.8) is 0 Å². The van der Waals surface area contributed by atoms with Crippen molar-refractivity contribution in [3.8, 4) is 0 Å². The minimum atomic E-state index is -0.212. The molecule has 0 aliphatic carbocycles. The Morgan fingerprint density at radius 1 is 1.07 bits per heavy atom. The van der Waals surface area contributed by atoms with Crippen LogP contribution in [0.15, 0.2) is 53.4 Å². The summed E-state index contributed by atoms with van der Waals surface area (Å²) in [4.78, 5) is 41.1. The van der Waals surface area contributed by atoms with Gasteiger partial charge in [-0.2, -0.15) is 0 Å². The molecule has 0 unspecified atom stereocenters. The molecule has 6 nitrogen and oxygen atoms in total. The first-order valence-corrected chi connectivity index (χ1v) is 10.6. The lowest BCUT2D eigenvalue weighted by atomic mass is 10.1. The van der Waals surface area contributed by atoms with Crippen molar-refractivity contribution in [1.82, 2.24) is 4.90 Å². The number of nitrogens with zero attached hydrogens (tertiary/aromatic N) is 2. The van der Waals surface area contributed by atoms with Crippen LogP contribution in [0.5, 0.6) is 0 Å². The molecule has 0 fully saturated rings. The third-order valence-electron chi connectivity index (χ3n) is 4.83. The summed E-state index contributed by atoms with van der Waals surface area (Å²) in [6.07, 6.45) is 0.266. The molecule has 3 rings (SSSR count). The Labute approximate surface area is 175 Å². The van der Waals surface area contributed by atoms with E-state index in [1.807, 2.05) is 42.5 Å². The minimum absolute atomic E-state index is 0.0440. The predicted octanol–water partition coefficient (Wildman–Crippen LogP) is 3.52. The van der Waals surface area contributed by atoms with Gasteiger partial charge in [0.2, 0.25) is 17.7 Å². The lowest BCUT2D eigenvalue weighted by molar-refractivity contribution is -0.128. The molecule has 152 valence electrons. The van der Waals surface area contributed by atoms with Gasteiger partial charge in [0.15, 0.2) is 0 Å². The molecule has 0 spiro atoms. The van der Waals surface area contributed by atoms with E-state index in [-0.39, 0.29) is 30.6 Å². The molecule has 1 N–H and O–H groups in total. The molecule has 0 bridgehead atoms. The van der Waals surface area contributed by atoms with Crippen molar-refractivity contribution < 1.29 is 14.4 Å². The summed E-state index contributed by atoms with van der Waals surface area (Å²) < 4.78 is 0. The van der Waals surface area contributed by atoms with Gasteiger partial charge < -0.3 is 15.1 Å². The van der Waals surface area contributed by atoms with Gasteiger partial charge in [-0.1, -0.05) is 30.3 Å². The summed E-state index contributed by atoms with van der Waals surface area (Å²) >= 11 is 1.74. The normalized spacial score (nSPS) is 12.8. The first kappa shape index (κ1) is 20.9. The first-order valence-electron chi connectivity index (χ1n) is 9.57. The average Bonchev–Trinajstić information content (AvgIpc) is 2.73. The second kappa shape index (κ2) is 9.60. The monoisotopic (exact) mass is 411 g/mol. The molecule has 2 aromatic rings. The number of fused-ring (bicyclic) bond motifs is 1. The molecule has 2 aromatic carbocycles. The van der Waals surface area contributed by atoms with Crippen molar-refractivity contribution in [3.05, 3.63) is 54.1 Å². The molecule has 0 radical (unpaired) electrons. The molecule has 1 aliphatic heterocycles. The van der Waals surface area contributed by atoms with Crippen molar-refractivity contribution in [2.45, 2.75) is 31.2 Å². The summed E-state index contributed by atoms with van der Waals surface area (Å²) in [5, 5.41) is 2.88. The number of rotatable bonds is 6. The fraction of sp³-hybridized carbons (Fsp3) is 0.318. The van der Waals surface area contributed by atoms with Crippen molar-refractivity contribution in [1.29, 1.82) is 0 Å². The van der Waals surface area contributed by atoms with Crippen LogP contribution in [0.2, 0.25) is 0 Å². The second-order valence-corrected chi connectivity index (χ2v) is 8.08. The van der Waals surface area contributed by atoms with E-state index >= 15 is 0 Å². The Kier molecular flexibility index (Phi) is 6.93. The zero-order chi connectivity index (χ0) is 20.8. The molecule has 1 aliphatic rings. The Hall–Kier alpha value is -2.80. The highest BCUT2D eigenvalue weighted by Crippen LogP contribution is 2.34. The van der Waals surface area contributed by atoms with Crippen LogP contribution in [0.25, 0.3) is 0 Å². The van der Waals surface area contributed by atoms with Gasteiger partial charge in [0.1, 0.15) is 0 Å². The summed E-state index contributed by atoms with van der Waals surface area (Å²) in [5.74, 6) is 0.552. The second-order valence-electron chi connectivity index (χ2n) is 6.94. The molecular weight excluding hydrogens is 386 g/mol. The van der Waals surface area contributed by atoms with E-state index in [1.165, 1.54) is 6.92 Å². The van der Waals surface area contributed by atoms with E-state index in [0.717, 1.165) is 21.9 Å². The number of hydrogen-bond donors (Lipinski definition) is 1. The molecule has 1 heterocycles. The Bertz CT molecular complexity index is 916. The van der Waals surface area contributed by atoms with Gasteiger partial charge in [0.05, 0.1) is 5.69 Å². The maximum atomic E-state index is 12.7. The minimum Gasteiger partial charge on any atom is -0.342 e. The summed E-state index contributed by atoms with van der Waals surface area (Å²) in [6.45, 7) is 2.57. The number of carbonyl (C=O) groups is 3. The number of hydrogen-bond acceptors (Lipinski definition) is 4. The molecule has 3 amide bonds. The third kappa shape index (κ3) is 5.38. The van der Waals surface area contributed by atoms with Crippen LogP contribution in [0.1, 0.15) is 25.3 Å². The van der Waals surface area contributed by atoms with Gasteiger partial charge in [-0.15, -0.1) is 11.8 Å². The number of para-hydroxylation sites is 2. The van der Waals surface area contributed by atoms with E-state index in [0.29, 0.717) is 18.8 Å². The molecule has 0 atom stereocenters. The van der Waals surface area contributed by atoms with Crippen molar-refractivity contribution in [2.24, 2.45) is 0 Å². The van der Waals surface area contributed by atoms with Gasteiger partial charge in [-0.25, -0.2) is 0 Å². The molecule has 7 heteroatoms. The van der Waals surface area contributed by atoms with Gasteiger partial charge in [-0.05, 0) is 23.8 Å². The van der Waals surface area contributed by atoms with Crippen LogP contribution < -0.4 is 10.2 Å². The van der Waals surface area contributed by atoms with Gasteiger partial charge in [0.25, 0.3) is 0 Å². The average molecular weight is 412 g/mol. The Morgan fingerprint density at radius 2 is 1.79 bits per heavy atom. The van der Waals surface area contributed by atoms with Crippen LogP contribution >= 0.6 is 11.8 Å². The zero-order valence-corrected chi connectivity index (χ0v) is 17.5. The molecule has 0 saturated heterocycles. The number of thioether (sulfide) groups is 1. The number of anilines is 2.